The summed E-state index contributed by atoms with van der Waals surface area (Å²) in [6.45, 7) is 2.97. The van der Waals surface area contributed by atoms with E-state index in [0.29, 0.717) is 36.8 Å². The van der Waals surface area contributed by atoms with Gasteiger partial charge < -0.3 is 9.42 Å². The molecule has 4 rings (SSSR count). The van der Waals surface area contributed by atoms with Crippen LogP contribution in [0.2, 0.25) is 0 Å². The van der Waals surface area contributed by atoms with Crippen molar-refractivity contribution in [2.24, 2.45) is 5.92 Å². The first-order valence-electron chi connectivity index (χ1n) is 8.57. The first-order chi connectivity index (χ1) is 12.0. The predicted molar refractivity (Wildman–Crippen MR) is 84.8 cm³/mol. The van der Waals surface area contributed by atoms with Gasteiger partial charge in [0.2, 0.25) is 11.8 Å². The number of aromatic nitrogens is 2. The Morgan fingerprint density at radius 3 is 2.96 bits per heavy atom. The van der Waals surface area contributed by atoms with Crippen LogP contribution in [-0.4, -0.2) is 34.0 Å². The number of benzene rings is 1. The van der Waals surface area contributed by atoms with Crippen molar-refractivity contribution in [2.45, 2.75) is 38.0 Å². The van der Waals surface area contributed by atoms with Gasteiger partial charge in [-0.25, -0.2) is 8.78 Å². The average molecular weight is 347 g/mol. The molecule has 0 bridgehead atoms. The SMILES string of the molecule is Cc1nc([C@@H]2CCCN(C(=O)[C@H]3C[C@H]3c3cc(F)ccc3F)C2)no1. The maximum atomic E-state index is 13.9. The van der Waals surface area contributed by atoms with E-state index >= 15 is 0 Å². The number of rotatable bonds is 3. The molecule has 1 aliphatic heterocycles. The van der Waals surface area contributed by atoms with Crippen LogP contribution in [0.15, 0.2) is 22.7 Å². The smallest absolute Gasteiger partial charge is 0.226 e. The molecule has 7 heteroatoms. The Bertz CT molecular complexity index is 807. The van der Waals surface area contributed by atoms with Crippen LogP contribution in [0.1, 0.15) is 48.4 Å². The van der Waals surface area contributed by atoms with Crippen LogP contribution in [0.3, 0.4) is 0 Å². The van der Waals surface area contributed by atoms with Crippen LogP contribution in [0.4, 0.5) is 8.78 Å². The van der Waals surface area contributed by atoms with Gasteiger partial charge in [0.25, 0.3) is 0 Å². The number of hydrogen-bond donors (Lipinski definition) is 0. The largest absolute Gasteiger partial charge is 0.342 e. The second-order valence-electron chi connectivity index (χ2n) is 6.91. The molecule has 2 fully saturated rings. The minimum atomic E-state index is -0.472. The van der Waals surface area contributed by atoms with Crippen molar-refractivity contribution in [1.82, 2.24) is 15.0 Å². The molecule has 0 N–H and O–H groups in total. The lowest BCUT2D eigenvalue weighted by atomic mass is 9.96. The van der Waals surface area contributed by atoms with Crippen LogP contribution in [0, 0.1) is 24.5 Å². The van der Waals surface area contributed by atoms with Gasteiger partial charge in [0.15, 0.2) is 5.82 Å². The molecule has 2 aliphatic rings. The second-order valence-corrected chi connectivity index (χ2v) is 6.91. The Labute approximate surface area is 144 Å². The predicted octanol–water partition coefficient (Wildman–Crippen LogP) is 3.17. The average Bonchev–Trinajstić information content (AvgIpc) is 3.29. The summed E-state index contributed by atoms with van der Waals surface area (Å²) in [5, 5.41) is 3.96. The van der Waals surface area contributed by atoms with Gasteiger partial charge in [-0.1, -0.05) is 5.16 Å². The maximum Gasteiger partial charge on any atom is 0.226 e. The Morgan fingerprint density at radius 1 is 1.36 bits per heavy atom. The first kappa shape index (κ1) is 16.2. The third-order valence-corrected chi connectivity index (χ3v) is 5.11. The third kappa shape index (κ3) is 3.15. The first-order valence-corrected chi connectivity index (χ1v) is 8.57. The number of hydrogen-bond acceptors (Lipinski definition) is 4. The lowest BCUT2D eigenvalue weighted by Crippen LogP contribution is -2.40. The molecular weight excluding hydrogens is 328 g/mol. The van der Waals surface area contributed by atoms with Crippen molar-refractivity contribution in [3.05, 3.63) is 47.1 Å². The van der Waals surface area contributed by atoms with Crippen LogP contribution >= 0.6 is 0 Å². The Morgan fingerprint density at radius 2 is 2.20 bits per heavy atom. The Kier molecular flexibility index (Phi) is 4.01. The fourth-order valence-electron chi connectivity index (χ4n) is 3.71. The van der Waals surface area contributed by atoms with Crippen molar-refractivity contribution >= 4 is 5.91 Å². The maximum absolute atomic E-state index is 13.9. The van der Waals surface area contributed by atoms with Gasteiger partial charge >= 0.3 is 0 Å². The van der Waals surface area contributed by atoms with Gasteiger partial charge in [0.05, 0.1) is 0 Å². The van der Waals surface area contributed by atoms with Gasteiger partial charge in [0.1, 0.15) is 11.6 Å². The van der Waals surface area contributed by atoms with Gasteiger partial charge in [0, 0.05) is 31.8 Å². The molecule has 2 aromatic rings. The van der Waals surface area contributed by atoms with Crippen LogP contribution in [0.25, 0.3) is 0 Å². The quantitative estimate of drug-likeness (QED) is 0.856. The van der Waals surface area contributed by atoms with Gasteiger partial charge in [-0.05, 0) is 48.9 Å². The summed E-state index contributed by atoms with van der Waals surface area (Å²) in [6, 6.07) is 3.43. The highest BCUT2D eigenvalue weighted by Crippen LogP contribution is 2.49. The monoisotopic (exact) mass is 347 g/mol. The molecule has 132 valence electrons. The highest BCUT2D eigenvalue weighted by atomic mass is 19.1. The standard InChI is InChI=1S/C18H19F2N3O2/c1-10-21-17(22-25-10)11-3-2-6-23(9-11)18(24)15-8-13(15)14-7-12(19)4-5-16(14)20/h4-5,7,11,13,15H,2-3,6,8-9H2,1H3/t11-,13+,15+/m1/s1. The lowest BCUT2D eigenvalue weighted by Gasteiger charge is -2.31. The number of aryl methyl sites for hydroxylation is 1. The van der Waals surface area contributed by atoms with Gasteiger partial charge in [-0.2, -0.15) is 4.98 Å². The van der Waals surface area contributed by atoms with E-state index in [1.807, 2.05) is 4.90 Å². The number of piperidine rings is 1. The molecule has 0 radical (unpaired) electrons. The summed E-state index contributed by atoms with van der Waals surface area (Å²) in [5.74, 6) is -0.170. The van der Waals surface area contributed by atoms with E-state index < -0.39 is 11.6 Å². The fraction of sp³-hybridized carbons (Fsp3) is 0.500. The summed E-state index contributed by atoms with van der Waals surface area (Å²) in [5.41, 5.74) is 0.306. The van der Waals surface area contributed by atoms with E-state index in [0.717, 1.165) is 25.0 Å². The van der Waals surface area contributed by atoms with Gasteiger partial charge in [-0.15, -0.1) is 0 Å². The number of likely N-dealkylation sites (tertiary alicyclic amines) is 1. The second kappa shape index (κ2) is 6.20. The van der Waals surface area contributed by atoms with Crippen molar-refractivity contribution in [3.8, 4) is 0 Å². The van der Waals surface area contributed by atoms with E-state index in [1.54, 1.807) is 6.92 Å². The topological polar surface area (TPSA) is 59.2 Å². The Balaban J connectivity index is 1.44. The summed E-state index contributed by atoms with van der Waals surface area (Å²) in [7, 11) is 0. The molecule has 3 atom stereocenters. The zero-order valence-electron chi connectivity index (χ0n) is 13.9. The van der Waals surface area contributed by atoms with Crippen molar-refractivity contribution in [2.75, 3.05) is 13.1 Å². The highest BCUT2D eigenvalue weighted by Gasteiger charge is 2.47. The number of halogens is 2. The van der Waals surface area contributed by atoms with Crippen molar-refractivity contribution in [3.63, 3.8) is 0 Å². The minimum absolute atomic E-state index is 0.0126. The van der Waals surface area contributed by atoms with Gasteiger partial charge in [-0.3, -0.25) is 4.79 Å². The molecule has 5 nitrogen and oxygen atoms in total. The molecular formula is C18H19F2N3O2. The van der Waals surface area contributed by atoms with E-state index in [9.17, 15) is 13.6 Å². The molecule has 0 unspecified atom stereocenters. The summed E-state index contributed by atoms with van der Waals surface area (Å²) in [6.07, 6.45) is 2.35. The van der Waals surface area contributed by atoms with Crippen LogP contribution in [-0.2, 0) is 4.79 Å². The zero-order chi connectivity index (χ0) is 17.6. The molecule has 1 saturated heterocycles. The molecule has 0 spiro atoms. The van der Waals surface area contributed by atoms with E-state index in [1.165, 1.54) is 6.07 Å². The zero-order valence-corrected chi connectivity index (χ0v) is 13.9. The number of carbonyl (C=O) groups is 1. The normalized spacial score (nSPS) is 25.9. The third-order valence-electron chi connectivity index (χ3n) is 5.11. The van der Waals surface area contributed by atoms with E-state index in [2.05, 4.69) is 10.1 Å². The van der Waals surface area contributed by atoms with Crippen molar-refractivity contribution < 1.29 is 18.1 Å². The summed E-state index contributed by atoms with van der Waals surface area (Å²) >= 11 is 0. The highest BCUT2D eigenvalue weighted by molar-refractivity contribution is 5.83. The molecule has 1 amide bonds. The number of nitrogens with zero attached hydrogens (tertiary/aromatic N) is 3. The molecule has 1 saturated carbocycles. The number of carbonyl (C=O) groups excluding carboxylic acids is 1. The fourth-order valence-corrected chi connectivity index (χ4v) is 3.71. The van der Waals surface area contributed by atoms with Crippen molar-refractivity contribution in [1.29, 1.82) is 0 Å². The molecule has 2 heterocycles. The molecule has 1 aliphatic carbocycles. The van der Waals surface area contributed by atoms with E-state index in [-0.39, 0.29) is 23.7 Å². The molecule has 1 aromatic heterocycles. The summed E-state index contributed by atoms with van der Waals surface area (Å²) < 4.78 is 32.3. The van der Waals surface area contributed by atoms with E-state index in [4.69, 9.17) is 4.52 Å². The summed E-state index contributed by atoms with van der Waals surface area (Å²) in [4.78, 5) is 18.8. The number of amides is 1. The Hall–Kier alpha value is -2.31. The van der Waals surface area contributed by atoms with Crippen LogP contribution < -0.4 is 0 Å². The minimum Gasteiger partial charge on any atom is -0.342 e. The molecule has 25 heavy (non-hydrogen) atoms. The molecule has 1 aromatic carbocycles. The van der Waals surface area contributed by atoms with Crippen LogP contribution in [0.5, 0.6) is 0 Å². The lowest BCUT2D eigenvalue weighted by molar-refractivity contribution is -0.133.